The molecule has 0 atom stereocenters. The van der Waals surface area contributed by atoms with E-state index in [-0.39, 0.29) is 5.82 Å². The number of aromatic nitrogens is 1. The summed E-state index contributed by atoms with van der Waals surface area (Å²) < 4.78 is 13.6. The highest BCUT2D eigenvalue weighted by molar-refractivity contribution is 5.79. The highest BCUT2D eigenvalue weighted by atomic mass is 19.1. The molecule has 1 aromatic carbocycles. The molecule has 3 N–H and O–H groups in total. The van der Waals surface area contributed by atoms with Crippen molar-refractivity contribution in [2.45, 2.75) is 26.3 Å². The van der Waals surface area contributed by atoms with Gasteiger partial charge in [-0.3, -0.25) is 0 Å². The molecule has 134 valence electrons. The maximum Gasteiger partial charge on any atom is 0.191 e. The van der Waals surface area contributed by atoms with Gasteiger partial charge in [-0.15, -0.1) is 0 Å². The summed E-state index contributed by atoms with van der Waals surface area (Å²) >= 11 is 0. The van der Waals surface area contributed by atoms with Crippen molar-refractivity contribution in [2.75, 3.05) is 25.0 Å². The number of hydrogen-bond donors (Lipinski definition) is 3. The lowest BCUT2D eigenvalue weighted by molar-refractivity contribution is 0.610. The molecule has 1 aromatic heterocycles. The normalized spacial score (nSPS) is 11.2. The van der Waals surface area contributed by atoms with E-state index in [9.17, 15) is 4.39 Å². The first-order chi connectivity index (χ1) is 12.3. The van der Waals surface area contributed by atoms with Gasteiger partial charge in [-0.05, 0) is 38.0 Å². The molecule has 6 heteroatoms. The summed E-state index contributed by atoms with van der Waals surface area (Å²) in [5.41, 5.74) is 0.597. The zero-order valence-electron chi connectivity index (χ0n) is 14.6. The summed E-state index contributed by atoms with van der Waals surface area (Å²) in [6.45, 7) is 4.79. The lowest BCUT2D eigenvalue weighted by atomic mass is 10.2. The number of pyridine rings is 1. The molecule has 0 aliphatic carbocycles. The van der Waals surface area contributed by atoms with E-state index in [1.54, 1.807) is 18.3 Å². The molecule has 0 amide bonds. The first-order valence-electron chi connectivity index (χ1n) is 8.70. The number of anilines is 1. The predicted molar refractivity (Wildman–Crippen MR) is 101 cm³/mol. The topological polar surface area (TPSA) is 61.3 Å². The fraction of sp³-hybridized carbons (Fsp3) is 0.368. The molecule has 0 bridgehead atoms. The van der Waals surface area contributed by atoms with Crippen molar-refractivity contribution >= 4 is 11.8 Å². The second-order valence-electron chi connectivity index (χ2n) is 5.56. The van der Waals surface area contributed by atoms with Crippen LogP contribution in [0.15, 0.2) is 53.7 Å². The minimum absolute atomic E-state index is 0.220. The molecule has 0 unspecified atom stereocenters. The van der Waals surface area contributed by atoms with Gasteiger partial charge in [0, 0.05) is 31.4 Å². The summed E-state index contributed by atoms with van der Waals surface area (Å²) in [5.74, 6) is 1.39. The highest BCUT2D eigenvalue weighted by Crippen LogP contribution is 2.07. The third-order valence-corrected chi connectivity index (χ3v) is 3.58. The van der Waals surface area contributed by atoms with Crippen LogP contribution in [0.3, 0.4) is 0 Å². The molecule has 2 rings (SSSR count). The van der Waals surface area contributed by atoms with Crippen LogP contribution >= 0.6 is 0 Å². The van der Waals surface area contributed by atoms with Crippen LogP contribution in [0.2, 0.25) is 0 Å². The molecule has 0 radical (unpaired) electrons. The van der Waals surface area contributed by atoms with Crippen LogP contribution in [0.4, 0.5) is 10.2 Å². The van der Waals surface area contributed by atoms with Gasteiger partial charge in [0.25, 0.3) is 0 Å². The Hall–Kier alpha value is -2.63. The second-order valence-corrected chi connectivity index (χ2v) is 5.56. The van der Waals surface area contributed by atoms with E-state index in [0.29, 0.717) is 18.1 Å². The fourth-order valence-electron chi connectivity index (χ4n) is 2.27. The van der Waals surface area contributed by atoms with Crippen LogP contribution in [0.5, 0.6) is 0 Å². The van der Waals surface area contributed by atoms with Crippen LogP contribution in [0, 0.1) is 5.82 Å². The highest BCUT2D eigenvalue weighted by Gasteiger charge is 2.01. The van der Waals surface area contributed by atoms with Gasteiger partial charge in [0.15, 0.2) is 5.96 Å². The first kappa shape index (κ1) is 18.7. The molecule has 0 spiro atoms. The Morgan fingerprint density at radius 1 is 1.04 bits per heavy atom. The zero-order valence-corrected chi connectivity index (χ0v) is 14.6. The largest absolute Gasteiger partial charge is 0.370 e. The van der Waals surface area contributed by atoms with Gasteiger partial charge < -0.3 is 16.0 Å². The maximum absolute atomic E-state index is 13.6. The van der Waals surface area contributed by atoms with Gasteiger partial charge in [0.2, 0.25) is 0 Å². The average Bonchev–Trinajstić information content (AvgIpc) is 2.64. The number of unbranched alkanes of at least 4 members (excludes halogenated alkanes) is 1. The summed E-state index contributed by atoms with van der Waals surface area (Å²) in [6.07, 6.45) is 3.80. The van der Waals surface area contributed by atoms with E-state index in [1.807, 2.05) is 31.2 Å². The van der Waals surface area contributed by atoms with Crippen molar-refractivity contribution in [3.63, 3.8) is 0 Å². The van der Waals surface area contributed by atoms with E-state index >= 15 is 0 Å². The number of nitrogens with one attached hydrogen (secondary N) is 3. The van der Waals surface area contributed by atoms with Crippen LogP contribution in [0.1, 0.15) is 25.3 Å². The first-order valence-corrected chi connectivity index (χ1v) is 8.70. The van der Waals surface area contributed by atoms with Crippen LogP contribution < -0.4 is 16.0 Å². The standard InChI is InChI=1S/C19H26FN5/c1-2-21-19(25-15-16-9-3-4-10-17(16)20)24-14-8-7-13-23-18-11-5-6-12-22-18/h3-6,9-12H,2,7-8,13-15H2,1H3,(H,22,23)(H2,21,24,25). The molecular formula is C19H26FN5. The Kier molecular flexibility index (Phi) is 8.24. The van der Waals surface area contributed by atoms with E-state index < -0.39 is 0 Å². The number of nitrogens with zero attached hydrogens (tertiary/aromatic N) is 2. The lowest BCUT2D eigenvalue weighted by Gasteiger charge is -2.11. The Morgan fingerprint density at radius 2 is 1.84 bits per heavy atom. The van der Waals surface area contributed by atoms with Crippen molar-refractivity contribution in [3.05, 3.63) is 60.0 Å². The molecule has 1 heterocycles. The molecule has 0 saturated heterocycles. The smallest absolute Gasteiger partial charge is 0.191 e. The van der Waals surface area contributed by atoms with E-state index in [1.165, 1.54) is 6.07 Å². The van der Waals surface area contributed by atoms with E-state index in [4.69, 9.17) is 0 Å². The molecule has 2 aromatic rings. The Balaban J connectivity index is 1.68. The monoisotopic (exact) mass is 343 g/mol. The second kappa shape index (κ2) is 11.0. The average molecular weight is 343 g/mol. The molecule has 0 aliphatic heterocycles. The lowest BCUT2D eigenvalue weighted by Crippen LogP contribution is -2.37. The quantitative estimate of drug-likeness (QED) is 0.372. The van der Waals surface area contributed by atoms with Crippen molar-refractivity contribution in [1.82, 2.24) is 15.6 Å². The Labute approximate surface area is 148 Å². The van der Waals surface area contributed by atoms with Crippen molar-refractivity contribution < 1.29 is 4.39 Å². The SMILES string of the molecule is CCNC(=NCc1ccccc1F)NCCCCNc1ccccn1. The number of aliphatic imine (C=N–C) groups is 1. The molecule has 0 saturated carbocycles. The summed E-state index contributed by atoms with van der Waals surface area (Å²) in [6, 6.07) is 12.5. The summed E-state index contributed by atoms with van der Waals surface area (Å²) in [7, 11) is 0. The number of benzene rings is 1. The number of guanidine groups is 1. The van der Waals surface area contributed by atoms with Crippen LogP contribution in [0.25, 0.3) is 0 Å². The molecule has 25 heavy (non-hydrogen) atoms. The third-order valence-electron chi connectivity index (χ3n) is 3.58. The maximum atomic E-state index is 13.6. The molecular weight excluding hydrogens is 317 g/mol. The Bertz CT molecular complexity index is 645. The summed E-state index contributed by atoms with van der Waals surface area (Å²) in [4.78, 5) is 8.66. The Morgan fingerprint density at radius 3 is 2.60 bits per heavy atom. The van der Waals surface area contributed by atoms with Crippen molar-refractivity contribution in [2.24, 2.45) is 4.99 Å². The zero-order chi connectivity index (χ0) is 17.7. The van der Waals surface area contributed by atoms with E-state index in [0.717, 1.165) is 38.3 Å². The van der Waals surface area contributed by atoms with Crippen molar-refractivity contribution in [3.8, 4) is 0 Å². The number of rotatable bonds is 9. The fourth-order valence-corrected chi connectivity index (χ4v) is 2.27. The molecule has 5 nitrogen and oxygen atoms in total. The predicted octanol–water partition coefficient (Wildman–Crippen LogP) is 3.17. The van der Waals surface area contributed by atoms with Gasteiger partial charge in [-0.2, -0.15) is 0 Å². The summed E-state index contributed by atoms with van der Waals surface area (Å²) in [5, 5.41) is 9.75. The van der Waals surface area contributed by atoms with Crippen LogP contribution in [-0.2, 0) is 6.54 Å². The van der Waals surface area contributed by atoms with E-state index in [2.05, 4.69) is 25.9 Å². The van der Waals surface area contributed by atoms with Gasteiger partial charge in [0.05, 0.1) is 6.54 Å². The molecule has 0 aliphatic rings. The van der Waals surface area contributed by atoms with Crippen molar-refractivity contribution in [1.29, 1.82) is 0 Å². The van der Waals surface area contributed by atoms with Gasteiger partial charge >= 0.3 is 0 Å². The minimum atomic E-state index is -0.220. The van der Waals surface area contributed by atoms with Gasteiger partial charge in [0.1, 0.15) is 11.6 Å². The third kappa shape index (κ3) is 7.20. The van der Waals surface area contributed by atoms with Gasteiger partial charge in [-0.1, -0.05) is 24.3 Å². The van der Waals surface area contributed by atoms with Crippen LogP contribution in [-0.4, -0.2) is 30.6 Å². The van der Waals surface area contributed by atoms with Gasteiger partial charge in [-0.25, -0.2) is 14.4 Å². The number of hydrogen-bond acceptors (Lipinski definition) is 3. The molecule has 0 fully saturated rings. The minimum Gasteiger partial charge on any atom is -0.370 e. The number of halogens is 1.